The van der Waals surface area contributed by atoms with Crippen LogP contribution in [-0.2, 0) is 19.1 Å². The van der Waals surface area contributed by atoms with Crippen LogP contribution in [-0.4, -0.2) is 43.3 Å². The maximum absolute atomic E-state index is 13.2. The number of nitrogens with zero attached hydrogens (tertiary/aromatic N) is 1. The molecule has 3 heterocycles. The van der Waals surface area contributed by atoms with Crippen molar-refractivity contribution < 1.29 is 23.8 Å². The van der Waals surface area contributed by atoms with E-state index in [0.29, 0.717) is 18.0 Å². The number of carbonyl (C=O) groups is 2. The number of rotatable bonds is 4. The molecule has 0 aliphatic carbocycles. The first-order chi connectivity index (χ1) is 12.0. The highest BCUT2D eigenvalue weighted by Crippen LogP contribution is 2.53. The van der Waals surface area contributed by atoms with Crippen LogP contribution in [0.4, 0.5) is 5.69 Å². The van der Waals surface area contributed by atoms with E-state index in [1.807, 2.05) is 36.4 Å². The average Bonchev–Trinajstić information content (AvgIpc) is 3.22. The van der Waals surface area contributed by atoms with E-state index in [9.17, 15) is 9.59 Å². The van der Waals surface area contributed by atoms with E-state index in [-0.39, 0.29) is 24.1 Å². The summed E-state index contributed by atoms with van der Waals surface area (Å²) in [6, 6.07) is 7.36. The van der Waals surface area contributed by atoms with Gasteiger partial charge in [0.25, 0.3) is 0 Å². The zero-order valence-corrected chi connectivity index (χ0v) is 14.5. The Morgan fingerprint density at radius 2 is 2.12 bits per heavy atom. The minimum atomic E-state index is -0.761. The van der Waals surface area contributed by atoms with Gasteiger partial charge in [-0.3, -0.25) is 9.59 Å². The fourth-order valence-electron chi connectivity index (χ4n) is 4.13. The summed E-state index contributed by atoms with van der Waals surface area (Å²) in [5, 5.41) is 0. The molecule has 0 saturated carbocycles. The maximum atomic E-state index is 13.2. The van der Waals surface area contributed by atoms with Crippen LogP contribution < -0.4 is 9.64 Å². The first kappa shape index (κ1) is 16.1. The Morgan fingerprint density at radius 1 is 1.36 bits per heavy atom. The molecule has 25 heavy (non-hydrogen) atoms. The van der Waals surface area contributed by atoms with E-state index in [0.717, 1.165) is 0 Å². The van der Waals surface area contributed by atoms with Crippen LogP contribution in [0, 0.1) is 11.8 Å². The predicted molar refractivity (Wildman–Crippen MR) is 90.3 cm³/mol. The highest BCUT2D eigenvalue weighted by atomic mass is 16.6. The number of hydrogen-bond donors (Lipinski definition) is 0. The van der Waals surface area contributed by atoms with Gasteiger partial charge in [0.1, 0.15) is 17.3 Å². The molecule has 1 aromatic carbocycles. The fourth-order valence-corrected chi connectivity index (χ4v) is 4.13. The Morgan fingerprint density at radius 3 is 2.84 bits per heavy atom. The lowest BCUT2D eigenvalue weighted by molar-refractivity contribution is -0.156. The molecule has 0 radical (unpaired) electrons. The zero-order chi connectivity index (χ0) is 17.8. The number of ether oxygens (including phenoxy) is 3. The SMILES string of the molecule is COc1ccccc1N1C[C@@]23C=C[C@@H](O2)[C@H](C(=O)OC(C)C)[C@H]3C1=O. The second-order valence-corrected chi connectivity index (χ2v) is 6.98. The molecule has 4 atom stereocenters. The Kier molecular flexibility index (Phi) is 3.61. The minimum absolute atomic E-state index is 0.123. The Balaban J connectivity index is 1.69. The van der Waals surface area contributed by atoms with Gasteiger partial charge >= 0.3 is 5.97 Å². The summed E-state index contributed by atoms with van der Waals surface area (Å²) in [6.07, 6.45) is 3.18. The van der Waals surface area contributed by atoms with Gasteiger partial charge in [-0.1, -0.05) is 24.3 Å². The number of amides is 1. The molecule has 1 amide bonds. The molecule has 0 aromatic heterocycles. The van der Waals surface area contributed by atoms with Crippen LogP contribution in [0.5, 0.6) is 5.75 Å². The molecule has 1 aromatic rings. The first-order valence-electron chi connectivity index (χ1n) is 8.49. The van der Waals surface area contributed by atoms with E-state index >= 15 is 0 Å². The number of para-hydroxylation sites is 2. The quantitative estimate of drug-likeness (QED) is 0.617. The first-order valence-corrected chi connectivity index (χ1v) is 8.49. The van der Waals surface area contributed by atoms with Crippen molar-refractivity contribution in [2.24, 2.45) is 11.8 Å². The number of anilines is 1. The van der Waals surface area contributed by atoms with Gasteiger partial charge in [0.15, 0.2) is 0 Å². The third-order valence-corrected chi connectivity index (χ3v) is 5.10. The smallest absolute Gasteiger partial charge is 0.313 e. The van der Waals surface area contributed by atoms with Crippen LogP contribution in [0.25, 0.3) is 0 Å². The van der Waals surface area contributed by atoms with Crippen molar-refractivity contribution in [3.8, 4) is 5.75 Å². The summed E-state index contributed by atoms with van der Waals surface area (Å²) in [5.41, 5.74) is -0.0706. The molecule has 132 valence electrons. The van der Waals surface area contributed by atoms with Crippen LogP contribution in [0.3, 0.4) is 0 Å². The van der Waals surface area contributed by atoms with Gasteiger partial charge in [-0.25, -0.2) is 0 Å². The van der Waals surface area contributed by atoms with Gasteiger partial charge < -0.3 is 19.1 Å². The molecule has 1 spiro atoms. The summed E-state index contributed by atoms with van der Waals surface area (Å²) < 4.78 is 16.8. The van der Waals surface area contributed by atoms with Crippen molar-refractivity contribution in [1.29, 1.82) is 0 Å². The molecule has 4 rings (SSSR count). The van der Waals surface area contributed by atoms with Gasteiger partial charge in [-0.2, -0.15) is 0 Å². The molecular formula is C19H21NO5. The van der Waals surface area contributed by atoms with Gasteiger partial charge in [-0.15, -0.1) is 0 Å². The van der Waals surface area contributed by atoms with E-state index in [1.54, 1.807) is 25.9 Å². The Labute approximate surface area is 146 Å². The fraction of sp³-hybridized carbons (Fsp3) is 0.474. The van der Waals surface area contributed by atoms with Crippen LogP contribution in [0.15, 0.2) is 36.4 Å². The van der Waals surface area contributed by atoms with Crippen LogP contribution >= 0.6 is 0 Å². The minimum Gasteiger partial charge on any atom is -0.495 e. The van der Waals surface area contributed by atoms with Crippen LogP contribution in [0.2, 0.25) is 0 Å². The van der Waals surface area contributed by atoms with Crippen LogP contribution in [0.1, 0.15) is 13.8 Å². The molecule has 0 N–H and O–H groups in total. The van der Waals surface area contributed by atoms with Gasteiger partial charge in [-0.05, 0) is 26.0 Å². The van der Waals surface area contributed by atoms with E-state index < -0.39 is 17.4 Å². The number of esters is 1. The average molecular weight is 343 g/mol. The second kappa shape index (κ2) is 5.59. The largest absolute Gasteiger partial charge is 0.495 e. The summed E-state index contributed by atoms with van der Waals surface area (Å²) in [7, 11) is 1.57. The van der Waals surface area contributed by atoms with Crippen molar-refractivity contribution in [1.82, 2.24) is 0 Å². The number of fused-ring (bicyclic) bond motifs is 1. The maximum Gasteiger partial charge on any atom is 0.313 e. The van der Waals surface area contributed by atoms with E-state index in [2.05, 4.69) is 0 Å². The van der Waals surface area contributed by atoms with Crippen molar-refractivity contribution in [2.45, 2.75) is 31.7 Å². The van der Waals surface area contributed by atoms with Crippen molar-refractivity contribution in [3.05, 3.63) is 36.4 Å². The number of carbonyl (C=O) groups excluding carboxylic acids is 2. The number of benzene rings is 1. The topological polar surface area (TPSA) is 65.1 Å². The van der Waals surface area contributed by atoms with Gasteiger partial charge in [0, 0.05) is 0 Å². The second-order valence-electron chi connectivity index (χ2n) is 6.98. The summed E-state index contributed by atoms with van der Waals surface area (Å²) in [5.74, 6) is -1.03. The summed E-state index contributed by atoms with van der Waals surface area (Å²) >= 11 is 0. The monoisotopic (exact) mass is 343 g/mol. The summed E-state index contributed by atoms with van der Waals surface area (Å²) in [4.78, 5) is 27.4. The third kappa shape index (κ3) is 2.28. The molecular weight excluding hydrogens is 322 g/mol. The van der Waals surface area contributed by atoms with Gasteiger partial charge in [0.2, 0.25) is 5.91 Å². The molecule has 6 heteroatoms. The van der Waals surface area contributed by atoms with Crippen molar-refractivity contribution >= 4 is 17.6 Å². The van der Waals surface area contributed by atoms with Crippen molar-refractivity contribution in [2.75, 3.05) is 18.6 Å². The number of hydrogen-bond acceptors (Lipinski definition) is 5. The highest BCUT2D eigenvalue weighted by Gasteiger charge is 2.67. The standard InChI is InChI=1S/C19H21NO5/c1-11(2)24-18(22)15-14-8-9-19(25-14)10-20(17(21)16(15)19)12-6-4-5-7-13(12)23-3/h4-9,11,14-16H,10H2,1-3H3/t14-,15+,16+,19-/m1/s1. The molecule has 2 fully saturated rings. The highest BCUT2D eigenvalue weighted by molar-refractivity contribution is 6.03. The predicted octanol–water partition coefficient (Wildman–Crippen LogP) is 1.93. The normalized spacial score (nSPS) is 32.4. The Bertz CT molecular complexity index is 758. The van der Waals surface area contributed by atoms with Crippen molar-refractivity contribution in [3.63, 3.8) is 0 Å². The lowest BCUT2D eigenvalue weighted by Crippen LogP contribution is -2.40. The summed E-state index contributed by atoms with van der Waals surface area (Å²) in [6.45, 7) is 3.97. The number of methoxy groups -OCH3 is 1. The lowest BCUT2D eigenvalue weighted by atomic mass is 9.77. The molecule has 3 aliphatic heterocycles. The lowest BCUT2D eigenvalue weighted by Gasteiger charge is -2.23. The van der Waals surface area contributed by atoms with E-state index in [1.165, 1.54) is 0 Å². The Hall–Kier alpha value is -2.34. The molecule has 6 nitrogen and oxygen atoms in total. The van der Waals surface area contributed by atoms with Gasteiger partial charge in [0.05, 0.1) is 37.5 Å². The van der Waals surface area contributed by atoms with E-state index in [4.69, 9.17) is 14.2 Å². The molecule has 2 bridgehead atoms. The molecule has 2 saturated heterocycles. The molecule has 0 unspecified atom stereocenters. The zero-order valence-electron chi connectivity index (χ0n) is 14.5. The third-order valence-electron chi connectivity index (χ3n) is 5.10. The molecule has 3 aliphatic rings.